The van der Waals surface area contributed by atoms with E-state index in [1.54, 1.807) is 17.0 Å². The second kappa shape index (κ2) is 8.43. The van der Waals surface area contributed by atoms with Gasteiger partial charge in [0.25, 0.3) is 5.91 Å². The monoisotopic (exact) mass is 433 g/mol. The standard InChI is InChI=1S/C26H27NO5/c28-24(27-13-12-26(30)11-5-4-8-19(26)16-27)17-31-20-9-10-21-22(18-6-2-1-3-7-18)15-25(29)32-23(21)14-20/h1-3,6-7,9-10,14-15,19,30H,4-5,8,11-13,16-17H2/t19-,26+/m0/s1. The van der Waals surface area contributed by atoms with Crippen LogP contribution in [0.2, 0.25) is 0 Å². The van der Waals surface area contributed by atoms with Crippen molar-refractivity contribution < 1.29 is 19.1 Å². The zero-order valence-corrected chi connectivity index (χ0v) is 18.0. The summed E-state index contributed by atoms with van der Waals surface area (Å²) in [5.74, 6) is 0.544. The molecule has 5 rings (SSSR count). The van der Waals surface area contributed by atoms with Crippen LogP contribution in [-0.4, -0.2) is 41.2 Å². The Labute approximate surface area is 186 Å². The molecular weight excluding hydrogens is 406 g/mol. The van der Waals surface area contributed by atoms with Crippen molar-refractivity contribution in [3.05, 3.63) is 65.0 Å². The molecule has 1 saturated carbocycles. The predicted octanol–water partition coefficient (Wildman–Crippen LogP) is 3.99. The van der Waals surface area contributed by atoms with Gasteiger partial charge in [-0.2, -0.15) is 0 Å². The minimum absolute atomic E-state index is 0.0841. The Kier molecular flexibility index (Phi) is 5.47. The topological polar surface area (TPSA) is 80.0 Å². The first-order valence-electron chi connectivity index (χ1n) is 11.3. The minimum Gasteiger partial charge on any atom is -0.484 e. The van der Waals surface area contributed by atoms with E-state index in [-0.39, 0.29) is 18.4 Å². The average Bonchev–Trinajstić information content (AvgIpc) is 2.81. The van der Waals surface area contributed by atoms with Crippen LogP contribution >= 0.6 is 0 Å². The molecule has 0 radical (unpaired) electrons. The lowest BCUT2D eigenvalue weighted by atomic mass is 9.71. The molecule has 0 spiro atoms. The van der Waals surface area contributed by atoms with Gasteiger partial charge in [-0.15, -0.1) is 0 Å². The van der Waals surface area contributed by atoms with Gasteiger partial charge in [0.15, 0.2) is 6.61 Å². The van der Waals surface area contributed by atoms with E-state index in [9.17, 15) is 14.7 Å². The van der Waals surface area contributed by atoms with Crippen LogP contribution in [0, 0.1) is 5.92 Å². The van der Waals surface area contributed by atoms with Crippen LogP contribution in [0.1, 0.15) is 32.1 Å². The van der Waals surface area contributed by atoms with Gasteiger partial charge in [-0.05, 0) is 42.5 Å². The summed E-state index contributed by atoms with van der Waals surface area (Å²) in [4.78, 5) is 26.7. The maximum absolute atomic E-state index is 12.8. The lowest BCUT2D eigenvalue weighted by Gasteiger charge is -2.47. The van der Waals surface area contributed by atoms with Crippen molar-refractivity contribution in [3.8, 4) is 16.9 Å². The second-order valence-electron chi connectivity index (χ2n) is 8.93. The second-order valence-corrected chi connectivity index (χ2v) is 8.93. The summed E-state index contributed by atoms with van der Waals surface area (Å²) in [7, 11) is 0. The largest absolute Gasteiger partial charge is 0.484 e. The summed E-state index contributed by atoms with van der Waals surface area (Å²) in [5, 5.41) is 11.6. The first-order chi connectivity index (χ1) is 15.5. The van der Waals surface area contributed by atoms with Crippen molar-refractivity contribution in [2.75, 3.05) is 19.7 Å². The van der Waals surface area contributed by atoms with Crippen LogP contribution in [-0.2, 0) is 4.79 Å². The summed E-state index contributed by atoms with van der Waals surface area (Å²) in [6, 6.07) is 16.5. The summed E-state index contributed by atoms with van der Waals surface area (Å²) in [6.45, 7) is 1.06. The Balaban J connectivity index is 1.30. The number of benzene rings is 2. The lowest BCUT2D eigenvalue weighted by molar-refractivity contribution is -0.145. The van der Waals surface area contributed by atoms with E-state index in [1.807, 2.05) is 36.4 Å². The van der Waals surface area contributed by atoms with E-state index in [2.05, 4.69) is 0 Å². The molecule has 0 bridgehead atoms. The first kappa shape index (κ1) is 20.8. The van der Waals surface area contributed by atoms with Crippen LogP contribution in [0.5, 0.6) is 5.75 Å². The van der Waals surface area contributed by atoms with Gasteiger partial charge in [0.1, 0.15) is 11.3 Å². The molecule has 2 aromatic carbocycles. The van der Waals surface area contributed by atoms with Crippen LogP contribution < -0.4 is 10.4 Å². The third-order valence-electron chi connectivity index (χ3n) is 6.94. The van der Waals surface area contributed by atoms with Crippen molar-refractivity contribution in [2.45, 2.75) is 37.7 Å². The van der Waals surface area contributed by atoms with Crippen molar-refractivity contribution >= 4 is 16.9 Å². The molecule has 6 heteroatoms. The SMILES string of the molecule is O=C(COc1ccc2c(-c3ccccc3)cc(=O)oc2c1)N1CC[C@]2(O)CCCC[C@H]2C1. The van der Waals surface area contributed by atoms with Crippen LogP contribution in [0.3, 0.4) is 0 Å². The van der Waals surface area contributed by atoms with Gasteiger partial charge in [-0.3, -0.25) is 4.79 Å². The Bertz CT molecular complexity index is 1190. The van der Waals surface area contributed by atoms with Crippen molar-refractivity contribution in [1.29, 1.82) is 0 Å². The number of amides is 1. The van der Waals surface area contributed by atoms with Gasteiger partial charge >= 0.3 is 5.63 Å². The highest BCUT2D eigenvalue weighted by molar-refractivity contribution is 5.93. The maximum atomic E-state index is 12.8. The van der Waals surface area contributed by atoms with Gasteiger partial charge < -0.3 is 19.2 Å². The highest BCUT2D eigenvalue weighted by Gasteiger charge is 2.43. The predicted molar refractivity (Wildman–Crippen MR) is 122 cm³/mol. The molecule has 2 fully saturated rings. The zero-order chi connectivity index (χ0) is 22.1. The number of hydrogen-bond acceptors (Lipinski definition) is 5. The molecule has 1 amide bonds. The molecule has 1 aliphatic carbocycles. The van der Waals surface area contributed by atoms with E-state index in [0.29, 0.717) is 30.8 Å². The van der Waals surface area contributed by atoms with Gasteiger partial charge in [0, 0.05) is 36.5 Å². The fourth-order valence-electron chi connectivity index (χ4n) is 5.12. The number of carbonyl (C=O) groups is 1. The number of rotatable bonds is 4. The summed E-state index contributed by atoms with van der Waals surface area (Å²) in [5.41, 5.74) is 1.11. The fraction of sp³-hybridized carbons (Fsp3) is 0.385. The van der Waals surface area contributed by atoms with E-state index in [0.717, 1.165) is 42.2 Å². The molecule has 1 aromatic heterocycles. The van der Waals surface area contributed by atoms with E-state index in [4.69, 9.17) is 9.15 Å². The first-order valence-corrected chi connectivity index (χ1v) is 11.3. The molecular formula is C26H27NO5. The Morgan fingerprint density at radius 3 is 2.81 bits per heavy atom. The highest BCUT2D eigenvalue weighted by Crippen LogP contribution is 2.39. The quantitative estimate of drug-likeness (QED) is 0.630. The van der Waals surface area contributed by atoms with Crippen LogP contribution in [0.15, 0.2) is 63.8 Å². The number of nitrogens with zero attached hydrogens (tertiary/aromatic N) is 1. The van der Waals surface area contributed by atoms with E-state index in [1.165, 1.54) is 6.07 Å². The molecule has 32 heavy (non-hydrogen) atoms. The lowest BCUT2D eigenvalue weighted by Crippen LogP contribution is -2.55. The van der Waals surface area contributed by atoms with E-state index < -0.39 is 11.2 Å². The third kappa shape index (κ3) is 4.02. The van der Waals surface area contributed by atoms with Crippen LogP contribution in [0.25, 0.3) is 22.1 Å². The minimum atomic E-state index is -0.609. The summed E-state index contributed by atoms with van der Waals surface area (Å²) < 4.78 is 11.2. The van der Waals surface area contributed by atoms with Gasteiger partial charge in [0.05, 0.1) is 5.60 Å². The smallest absolute Gasteiger partial charge is 0.336 e. The molecule has 1 N–H and O–H groups in total. The molecule has 1 saturated heterocycles. The maximum Gasteiger partial charge on any atom is 0.336 e. The summed E-state index contributed by atoms with van der Waals surface area (Å²) in [6.07, 6.45) is 4.61. The Morgan fingerprint density at radius 2 is 1.97 bits per heavy atom. The fourth-order valence-corrected chi connectivity index (χ4v) is 5.12. The van der Waals surface area contributed by atoms with Gasteiger partial charge in [-0.1, -0.05) is 43.2 Å². The Hall–Kier alpha value is -3.12. The molecule has 6 nitrogen and oxygen atoms in total. The molecule has 166 valence electrons. The summed E-state index contributed by atoms with van der Waals surface area (Å²) >= 11 is 0. The number of ether oxygens (including phenoxy) is 1. The number of aliphatic hydroxyl groups is 1. The number of carbonyl (C=O) groups excluding carboxylic acids is 1. The zero-order valence-electron chi connectivity index (χ0n) is 18.0. The third-order valence-corrected chi connectivity index (χ3v) is 6.94. The normalized spacial score (nSPS) is 23.0. The molecule has 3 aromatic rings. The van der Waals surface area contributed by atoms with E-state index >= 15 is 0 Å². The molecule has 2 atom stereocenters. The number of hydrogen-bond donors (Lipinski definition) is 1. The molecule has 2 heterocycles. The van der Waals surface area contributed by atoms with Crippen LogP contribution in [0.4, 0.5) is 0 Å². The Morgan fingerprint density at radius 1 is 1.12 bits per heavy atom. The number of piperidine rings is 1. The highest BCUT2D eigenvalue weighted by atomic mass is 16.5. The van der Waals surface area contributed by atoms with Crippen molar-refractivity contribution in [3.63, 3.8) is 0 Å². The molecule has 0 unspecified atom stereocenters. The average molecular weight is 434 g/mol. The number of fused-ring (bicyclic) bond motifs is 2. The van der Waals surface area contributed by atoms with Crippen molar-refractivity contribution in [2.24, 2.45) is 5.92 Å². The molecule has 1 aliphatic heterocycles. The molecule has 2 aliphatic rings. The van der Waals surface area contributed by atoms with Gasteiger partial charge in [0.2, 0.25) is 0 Å². The van der Waals surface area contributed by atoms with Gasteiger partial charge in [-0.25, -0.2) is 4.79 Å². The number of likely N-dealkylation sites (tertiary alicyclic amines) is 1. The van der Waals surface area contributed by atoms with Crippen molar-refractivity contribution in [1.82, 2.24) is 4.90 Å².